The van der Waals surface area contributed by atoms with E-state index in [1.54, 1.807) is 27.7 Å². The zero-order chi connectivity index (χ0) is 30.3. The zero-order valence-corrected chi connectivity index (χ0v) is 24.3. The van der Waals surface area contributed by atoms with Gasteiger partial charge in [-0.2, -0.15) is 0 Å². The standard InChI is InChI=1S/C26H38O15/c1-11(27)31-9-15-17(33-12(2)28)19(34-13(3)29)21(35-14(4)30)23(36-15)32-10-16-18-20(39-25(5,6)38-18)22-24(37-16)41-26(7,8)40-22/h15-24H,9-10H2,1-8H3/t15-,16-,17-,18+,19+,20+,21+,22-,23+,24-/m1/s1. The summed E-state index contributed by atoms with van der Waals surface area (Å²) >= 11 is 0. The summed E-state index contributed by atoms with van der Waals surface area (Å²) in [5, 5.41) is 0. The van der Waals surface area contributed by atoms with E-state index in [2.05, 4.69) is 0 Å². The molecular formula is C26H38O15. The summed E-state index contributed by atoms with van der Waals surface area (Å²) < 4.78 is 63.8. The summed E-state index contributed by atoms with van der Waals surface area (Å²) in [4.78, 5) is 47.6. The van der Waals surface area contributed by atoms with Crippen LogP contribution in [0.25, 0.3) is 0 Å². The number of hydrogen-bond donors (Lipinski definition) is 0. The van der Waals surface area contributed by atoms with Gasteiger partial charge in [0.05, 0.1) is 6.61 Å². The molecule has 4 aliphatic heterocycles. The van der Waals surface area contributed by atoms with Crippen LogP contribution < -0.4 is 0 Å². The SMILES string of the molecule is CC(=O)OC[C@H]1O[C@H](OC[C@H]2O[C@@H]3OC(C)(C)O[C@@H]3[C@H]3OC(C)(C)O[C@H]32)[C@@H](OC(C)=O)[C@@H](OC(C)=O)[C@@H]1OC(C)=O. The lowest BCUT2D eigenvalue weighted by Gasteiger charge is -2.44. The molecule has 0 aliphatic carbocycles. The van der Waals surface area contributed by atoms with Crippen LogP contribution in [0.4, 0.5) is 0 Å². The normalized spacial score (nSPS) is 38.7. The van der Waals surface area contributed by atoms with Crippen molar-refractivity contribution in [2.45, 2.75) is 128 Å². The van der Waals surface area contributed by atoms with E-state index in [1.165, 1.54) is 6.92 Å². The molecule has 4 fully saturated rings. The minimum Gasteiger partial charge on any atom is -0.463 e. The summed E-state index contributed by atoms with van der Waals surface area (Å²) in [6.45, 7) is 11.1. The minimum atomic E-state index is -1.37. The summed E-state index contributed by atoms with van der Waals surface area (Å²) in [5.74, 6) is -4.72. The summed E-state index contributed by atoms with van der Waals surface area (Å²) in [6.07, 6.45) is -9.82. The number of esters is 4. The Balaban J connectivity index is 1.59. The maximum Gasteiger partial charge on any atom is 0.303 e. The smallest absolute Gasteiger partial charge is 0.303 e. The molecule has 0 aromatic carbocycles. The summed E-state index contributed by atoms with van der Waals surface area (Å²) in [7, 11) is 0. The summed E-state index contributed by atoms with van der Waals surface area (Å²) in [5.41, 5.74) is 0. The highest BCUT2D eigenvalue weighted by atomic mass is 16.9. The lowest BCUT2D eigenvalue weighted by Crippen LogP contribution is -2.63. The molecule has 41 heavy (non-hydrogen) atoms. The average Bonchev–Trinajstić information content (AvgIpc) is 3.32. The van der Waals surface area contributed by atoms with Gasteiger partial charge in [-0.1, -0.05) is 0 Å². The molecule has 15 heteroatoms. The molecule has 0 aromatic rings. The second-order valence-corrected chi connectivity index (χ2v) is 11.1. The van der Waals surface area contributed by atoms with Gasteiger partial charge >= 0.3 is 23.9 Å². The monoisotopic (exact) mass is 590 g/mol. The first-order chi connectivity index (χ1) is 19.0. The van der Waals surface area contributed by atoms with E-state index >= 15 is 0 Å². The molecule has 0 unspecified atom stereocenters. The van der Waals surface area contributed by atoms with Crippen molar-refractivity contribution in [2.75, 3.05) is 13.2 Å². The van der Waals surface area contributed by atoms with Crippen molar-refractivity contribution in [1.82, 2.24) is 0 Å². The van der Waals surface area contributed by atoms with Gasteiger partial charge in [-0.05, 0) is 27.7 Å². The van der Waals surface area contributed by atoms with Crippen LogP contribution in [0.5, 0.6) is 0 Å². The molecule has 4 rings (SSSR count). The molecule has 0 saturated carbocycles. The predicted octanol–water partition coefficient (Wildman–Crippen LogP) is 0.483. The summed E-state index contributed by atoms with van der Waals surface area (Å²) in [6, 6.07) is 0. The Morgan fingerprint density at radius 2 is 1.12 bits per heavy atom. The number of hydrogen-bond acceptors (Lipinski definition) is 15. The van der Waals surface area contributed by atoms with Crippen LogP contribution >= 0.6 is 0 Å². The Morgan fingerprint density at radius 3 is 1.73 bits per heavy atom. The van der Waals surface area contributed by atoms with Gasteiger partial charge in [0, 0.05) is 27.7 Å². The fourth-order valence-corrected chi connectivity index (χ4v) is 5.34. The average molecular weight is 591 g/mol. The molecule has 0 bridgehead atoms. The van der Waals surface area contributed by atoms with Crippen LogP contribution in [0.1, 0.15) is 55.4 Å². The number of rotatable bonds is 8. The third-order valence-electron chi connectivity index (χ3n) is 6.62. The Morgan fingerprint density at radius 1 is 0.585 bits per heavy atom. The third kappa shape index (κ3) is 7.52. The van der Waals surface area contributed by atoms with Crippen LogP contribution in [0.2, 0.25) is 0 Å². The molecule has 10 atom stereocenters. The molecule has 0 N–H and O–H groups in total. The van der Waals surface area contributed by atoms with Gasteiger partial charge in [0.2, 0.25) is 0 Å². The second-order valence-electron chi connectivity index (χ2n) is 11.1. The van der Waals surface area contributed by atoms with E-state index in [4.69, 9.17) is 52.1 Å². The third-order valence-corrected chi connectivity index (χ3v) is 6.62. The largest absolute Gasteiger partial charge is 0.463 e. The van der Waals surface area contributed by atoms with Crippen LogP contribution in [0, 0.1) is 0 Å². The molecule has 4 heterocycles. The van der Waals surface area contributed by atoms with Crippen molar-refractivity contribution in [3.8, 4) is 0 Å². The highest BCUT2D eigenvalue weighted by Gasteiger charge is 2.61. The maximum absolute atomic E-state index is 12.1. The van der Waals surface area contributed by atoms with Crippen LogP contribution in [0.3, 0.4) is 0 Å². The van der Waals surface area contributed by atoms with Crippen LogP contribution in [-0.2, 0) is 71.3 Å². The Labute approximate surface area is 237 Å². The first kappa shape index (κ1) is 31.5. The fourth-order valence-electron chi connectivity index (χ4n) is 5.34. The molecule has 4 aliphatic rings. The number of fused-ring (bicyclic) bond motifs is 3. The first-order valence-electron chi connectivity index (χ1n) is 13.3. The Bertz CT molecular complexity index is 1010. The van der Waals surface area contributed by atoms with Crippen molar-refractivity contribution >= 4 is 23.9 Å². The molecule has 0 aromatic heterocycles. The predicted molar refractivity (Wildman–Crippen MR) is 130 cm³/mol. The van der Waals surface area contributed by atoms with Crippen LogP contribution in [0.15, 0.2) is 0 Å². The van der Waals surface area contributed by atoms with E-state index in [0.717, 1.165) is 20.8 Å². The van der Waals surface area contributed by atoms with E-state index in [1.807, 2.05) is 0 Å². The van der Waals surface area contributed by atoms with Gasteiger partial charge < -0.3 is 52.1 Å². The Kier molecular flexibility index (Phi) is 9.28. The molecule has 4 saturated heterocycles. The van der Waals surface area contributed by atoms with Gasteiger partial charge in [-0.3, -0.25) is 19.2 Å². The molecular weight excluding hydrogens is 552 g/mol. The maximum atomic E-state index is 12.1. The van der Waals surface area contributed by atoms with Gasteiger partial charge in [-0.25, -0.2) is 0 Å². The number of carbonyl (C=O) groups excluding carboxylic acids is 4. The molecule has 0 radical (unpaired) electrons. The van der Waals surface area contributed by atoms with E-state index in [9.17, 15) is 19.2 Å². The van der Waals surface area contributed by atoms with Gasteiger partial charge in [-0.15, -0.1) is 0 Å². The van der Waals surface area contributed by atoms with Crippen LogP contribution in [-0.4, -0.2) is 110 Å². The van der Waals surface area contributed by atoms with Crippen molar-refractivity contribution in [2.24, 2.45) is 0 Å². The first-order valence-corrected chi connectivity index (χ1v) is 13.3. The second kappa shape index (κ2) is 12.1. The highest BCUT2D eigenvalue weighted by Crippen LogP contribution is 2.44. The molecule has 0 spiro atoms. The highest BCUT2D eigenvalue weighted by molar-refractivity contribution is 5.68. The molecule has 15 nitrogen and oxygen atoms in total. The van der Waals surface area contributed by atoms with E-state index < -0.39 is 96.9 Å². The lowest BCUT2D eigenvalue weighted by atomic mass is 9.97. The van der Waals surface area contributed by atoms with E-state index in [-0.39, 0.29) is 13.2 Å². The minimum absolute atomic E-state index is 0.179. The van der Waals surface area contributed by atoms with Gasteiger partial charge in [0.15, 0.2) is 42.5 Å². The topological polar surface area (TPSA) is 170 Å². The quantitative estimate of drug-likeness (QED) is 0.282. The Hall–Kier alpha value is -2.40. The molecule has 0 amide bonds. The van der Waals surface area contributed by atoms with Crippen molar-refractivity contribution in [1.29, 1.82) is 0 Å². The van der Waals surface area contributed by atoms with Gasteiger partial charge in [0.25, 0.3) is 0 Å². The molecule has 232 valence electrons. The van der Waals surface area contributed by atoms with Crippen molar-refractivity contribution in [3.05, 3.63) is 0 Å². The number of ether oxygens (including phenoxy) is 11. The van der Waals surface area contributed by atoms with Crippen molar-refractivity contribution < 1.29 is 71.3 Å². The fraction of sp³-hybridized carbons (Fsp3) is 0.846. The number of carbonyl (C=O) groups is 4. The lowest BCUT2D eigenvalue weighted by molar-refractivity contribution is -0.320. The van der Waals surface area contributed by atoms with E-state index in [0.29, 0.717) is 0 Å². The van der Waals surface area contributed by atoms with Crippen molar-refractivity contribution in [3.63, 3.8) is 0 Å². The van der Waals surface area contributed by atoms with Gasteiger partial charge in [0.1, 0.15) is 37.1 Å². The zero-order valence-electron chi connectivity index (χ0n) is 24.3.